The molecule has 0 radical (unpaired) electrons. The number of nitrogens with zero attached hydrogens (tertiary/aromatic N) is 3. The molecule has 7 heteroatoms. The molecule has 21 heavy (non-hydrogen) atoms. The molecule has 0 saturated carbocycles. The molecular formula is C14H22N4O3. The zero-order valence-electron chi connectivity index (χ0n) is 12.6. The molecule has 0 aromatic heterocycles. The lowest BCUT2D eigenvalue weighted by Gasteiger charge is -2.43. The molecule has 0 aliphatic carbocycles. The Bertz CT molecular complexity index is 495. The lowest BCUT2D eigenvalue weighted by molar-refractivity contribution is -0.150. The van der Waals surface area contributed by atoms with E-state index in [0.717, 1.165) is 19.3 Å². The van der Waals surface area contributed by atoms with Crippen LogP contribution in [0.4, 0.5) is 0 Å². The monoisotopic (exact) mass is 294 g/mol. The fourth-order valence-corrected chi connectivity index (χ4v) is 3.70. The number of likely N-dealkylation sites (N-methyl/N-ethyl adjacent to an activating group) is 1. The van der Waals surface area contributed by atoms with Crippen LogP contribution in [0.5, 0.6) is 0 Å². The van der Waals surface area contributed by atoms with Gasteiger partial charge in [0.1, 0.15) is 6.17 Å². The van der Waals surface area contributed by atoms with Crippen LogP contribution in [-0.2, 0) is 14.4 Å². The van der Waals surface area contributed by atoms with Gasteiger partial charge in [0.2, 0.25) is 11.8 Å². The molecule has 0 bridgehead atoms. The number of nitrogens with one attached hydrogen (secondary N) is 1. The first-order chi connectivity index (χ1) is 9.96. The molecular weight excluding hydrogens is 272 g/mol. The predicted molar refractivity (Wildman–Crippen MR) is 74.6 cm³/mol. The minimum absolute atomic E-state index is 0.00240. The van der Waals surface area contributed by atoms with Gasteiger partial charge in [-0.2, -0.15) is 0 Å². The van der Waals surface area contributed by atoms with E-state index in [9.17, 15) is 14.4 Å². The molecule has 3 aliphatic heterocycles. The smallest absolute Gasteiger partial charge is 0.265 e. The molecule has 3 fully saturated rings. The molecule has 3 amide bonds. The second kappa shape index (κ2) is 4.98. The first-order valence-electron chi connectivity index (χ1n) is 7.60. The lowest BCUT2D eigenvalue weighted by atomic mass is 9.93. The minimum atomic E-state index is -1.00. The summed E-state index contributed by atoms with van der Waals surface area (Å²) in [6.45, 7) is 2.99. The van der Waals surface area contributed by atoms with Crippen LogP contribution in [0, 0.1) is 0 Å². The highest BCUT2D eigenvalue weighted by atomic mass is 16.2. The molecule has 7 nitrogen and oxygen atoms in total. The standard InChI is InChI=1S/C14H22N4O3/c1-14(18-9-5-7-11(18)20)12(15-16(2)13(14)21)17-8-4-3-6-10(17)19/h12,15H,3-9H2,1-2H3. The van der Waals surface area contributed by atoms with Crippen LogP contribution in [0.15, 0.2) is 0 Å². The number of carbonyl (C=O) groups is 3. The summed E-state index contributed by atoms with van der Waals surface area (Å²) in [4.78, 5) is 40.4. The average Bonchev–Trinajstić information content (AvgIpc) is 2.98. The Kier molecular flexibility index (Phi) is 3.39. The summed E-state index contributed by atoms with van der Waals surface area (Å²) in [7, 11) is 1.65. The minimum Gasteiger partial charge on any atom is -0.325 e. The van der Waals surface area contributed by atoms with E-state index >= 15 is 0 Å². The Hall–Kier alpha value is -1.63. The highest BCUT2D eigenvalue weighted by molar-refractivity contribution is 5.94. The van der Waals surface area contributed by atoms with E-state index in [1.807, 2.05) is 0 Å². The van der Waals surface area contributed by atoms with Crippen molar-refractivity contribution in [3.63, 3.8) is 0 Å². The van der Waals surface area contributed by atoms with Crippen LogP contribution in [0.2, 0.25) is 0 Å². The SMILES string of the molecule is CN1NC(N2CCCCC2=O)C(C)(N2CCCC2=O)C1=O. The van der Waals surface area contributed by atoms with Gasteiger partial charge in [0.15, 0.2) is 5.54 Å². The van der Waals surface area contributed by atoms with E-state index < -0.39 is 11.7 Å². The summed E-state index contributed by atoms with van der Waals surface area (Å²) >= 11 is 0. The second-order valence-corrected chi connectivity index (χ2v) is 6.24. The molecule has 0 aromatic carbocycles. The number of amides is 3. The highest BCUT2D eigenvalue weighted by Gasteiger charge is 2.58. The highest BCUT2D eigenvalue weighted by Crippen LogP contribution is 2.34. The van der Waals surface area contributed by atoms with Gasteiger partial charge in [0.25, 0.3) is 5.91 Å². The summed E-state index contributed by atoms with van der Waals surface area (Å²) in [5.41, 5.74) is 2.08. The number of piperidine rings is 1. The molecule has 3 aliphatic rings. The Morgan fingerprint density at radius 3 is 2.38 bits per heavy atom. The van der Waals surface area contributed by atoms with Crippen molar-refractivity contribution in [2.75, 3.05) is 20.1 Å². The molecule has 2 unspecified atom stereocenters. The van der Waals surface area contributed by atoms with Crippen LogP contribution in [0.1, 0.15) is 39.0 Å². The van der Waals surface area contributed by atoms with Crippen molar-refractivity contribution in [3.05, 3.63) is 0 Å². The molecule has 116 valence electrons. The molecule has 1 N–H and O–H groups in total. The van der Waals surface area contributed by atoms with Gasteiger partial charge in [0, 0.05) is 33.0 Å². The van der Waals surface area contributed by atoms with Crippen molar-refractivity contribution < 1.29 is 14.4 Å². The van der Waals surface area contributed by atoms with E-state index in [-0.39, 0.29) is 17.7 Å². The van der Waals surface area contributed by atoms with Crippen molar-refractivity contribution in [1.82, 2.24) is 20.2 Å². The normalized spacial score (nSPS) is 34.3. The molecule has 2 atom stereocenters. The molecule has 0 spiro atoms. The first kappa shape index (κ1) is 14.3. The average molecular weight is 294 g/mol. The van der Waals surface area contributed by atoms with Crippen LogP contribution >= 0.6 is 0 Å². The summed E-state index contributed by atoms with van der Waals surface area (Å²) in [5, 5.41) is 1.41. The van der Waals surface area contributed by atoms with Crippen LogP contribution in [0.25, 0.3) is 0 Å². The number of hydrazine groups is 1. The maximum Gasteiger partial charge on any atom is 0.265 e. The number of rotatable bonds is 2. The second-order valence-electron chi connectivity index (χ2n) is 6.24. The lowest BCUT2D eigenvalue weighted by Crippen LogP contribution is -2.65. The summed E-state index contributed by atoms with van der Waals surface area (Å²) in [6, 6.07) is 0. The maximum absolute atomic E-state index is 12.7. The van der Waals surface area contributed by atoms with Crippen LogP contribution in [-0.4, -0.2) is 64.4 Å². The van der Waals surface area contributed by atoms with Gasteiger partial charge < -0.3 is 9.80 Å². The number of hydrogen-bond acceptors (Lipinski definition) is 4. The Morgan fingerprint density at radius 1 is 1.05 bits per heavy atom. The summed E-state index contributed by atoms with van der Waals surface area (Å²) in [6.07, 6.45) is 3.13. The third kappa shape index (κ3) is 2.02. The third-order valence-electron chi connectivity index (χ3n) is 4.89. The van der Waals surface area contributed by atoms with E-state index in [1.165, 1.54) is 5.01 Å². The molecule has 0 aromatic rings. The van der Waals surface area contributed by atoms with E-state index in [1.54, 1.807) is 23.8 Å². The van der Waals surface area contributed by atoms with Crippen LogP contribution in [0.3, 0.4) is 0 Å². The molecule has 3 heterocycles. The molecule has 3 saturated heterocycles. The zero-order chi connectivity index (χ0) is 15.2. The fraction of sp³-hybridized carbons (Fsp3) is 0.786. The zero-order valence-corrected chi connectivity index (χ0v) is 12.6. The van der Waals surface area contributed by atoms with E-state index in [2.05, 4.69) is 5.43 Å². The van der Waals surface area contributed by atoms with Gasteiger partial charge in [-0.3, -0.25) is 19.4 Å². The van der Waals surface area contributed by atoms with Gasteiger partial charge in [-0.05, 0) is 26.2 Å². The molecule has 3 rings (SSSR count). The van der Waals surface area contributed by atoms with Gasteiger partial charge >= 0.3 is 0 Å². The maximum atomic E-state index is 12.7. The third-order valence-corrected chi connectivity index (χ3v) is 4.89. The van der Waals surface area contributed by atoms with Crippen molar-refractivity contribution in [3.8, 4) is 0 Å². The van der Waals surface area contributed by atoms with Gasteiger partial charge in [0.05, 0.1) is 0 Å². The van der Waals surface area contributed by atoms with Crippen molar-refractivity contribution in [2.24, 2.45) is 0 Å². The van der Waals surface area contributed by atoms with Crippen molar-refractivity contribution >= 4 is 17.7 Å². The van der Waals surface area contributed by atoms with E-state index in [0.29, 0.717) is 25.9 Å². The summed E-state index contributed by atoms with van der Waals surface area (Å²) < 4.78 is 0. The predicted octanol–water partition coefficient (Wildman–Crippen LogP) is -0.317. The topological polar surface area (TPSA) is 73.0 Å². The largest absolute Gasteiger partial charge is 0.325 e. The fourth-order valence-electron chi connectivity index (χ4n) is 3.70. The summed E-state index contributed by atoms with van der Waals surface area (Å²) in [5.74, 6) is -0.0988. The number of carbonyl (C=O) groups excluding carboxylic acids is 3. The van der Waals surface area contributed by atoms with Crippen molar-refractivity contribution in [1.29, 1.82) is 0 Å². The van der Waals surface area contributed by atoms with Crippen molar-refractivity contribution in [2.45, 2.75) is 50.7 Å². The number of hydrogen-bond donors (Lipinski definition) is 1. The van der Waals surface area contributed by atoms with Gasteiger partial charge in [-0.15, -0.1) is 0 Å². The Morgan fingerprint density at radius 2 is 1.76 bits per heavy atom. The Balaban J connectivity index is 1.95. The van der Waals surface area contributed by atoms with Gasteiger partial charge in [-0.1, -0.05) is 0 Å². The number of likely N-dealkylation sites (tertiary alicyclic amines) is 2. The quantitative estimate of drug-likeness (QED) is 0.758. The van der Waals surface area contributed by atoms with Gasteiger partial charge in [-0.25, -0.2) is 5.43 Å². The van der Waals surface area contributed by atoms with Crippen LogP contribution < -0.4 is 5.43 Å². The Labute approximate surface area is 124 Å². The van der Waals surface area contributed by atoms with E-state index in [4.69, 9.17) is 0 Å². The first-order valence-corrected chi connectivity index (χ1v) is 7.60.